The minimum atomic E-state index is 0.378. The minimum Gasteiger partial charge on any atom is -0.396 e. The molecule has 5 unspecified atom stereocenters. The summed E-state index contributed by atoms with van der Waals surface area (Å²) in [6.07, 6.45) is 5.18. The smallest absolute Gasteiger partial charge is 0.0464 e. The first-order valence-corrected chi connectivity index (χ1v) is 7.81. The highest BCUT2D eigenvalue weighted by Gasteiger charge is 2.48. The molecule has 19 heavy (non-hydrogen) atoms. The van der Waals surface area contributed by atoms with Gasteiger partial charge in [-0.3, -0.25) is 0 Å². The van der Waals surface area contributed by atoms with Crippen LogP contribution >= 0.6 is 0 Å². The predicted molar refractivity (Wildman–Crippen MR) is 79.0 cm³/mol. The molecule has 3 rings (SSSR count). The Labute approximate surface area is 117 Å². The van der Waals surface area contributed by atoms with Crippen molar-refractivity contribution in [3.05, 3.63) is 35.9 Å². The summed E-state index contributed by atoms with van der Waals surface area (Å²) < 4.78 is 0. The molecule has 104 valence electrons. The highest BCUT2D eigenvalue weighted by molar-refractivity contribution is 5.28. The monoisotopic (exact) mass is 258 g/mol. The third-order valence-corrected chi connectivity index (χ3v) is 5.74. The van der Waals surface area contributed by atoms with E-state index in [1.807, 2.05) is 0 Å². The molecule has 1 aromatic carbocycles. The van der Waals surface area contributed by atoms with Crippen LogP contribution in [0, 0.1) is 23.7 Å². The van der Waals surface area contributed by atoms with Crippen molar-refractivity contribution in [1.82, 2.24) is 0 Å². The van der Waals surface area contributed by atoms with E-state index in [-0.39, 0.29) is 0 Å². The molecule has 2 aliphatic rings. The number of aliphatic hydroxyl groups is 1. The summed E-state index contributed by atoms with van der Waals surface area (Å²) in [5.41, 5.74) is 1.92. The number of fused-ring (bicyclic) bond motifs is 2. The molecule has 0 amide bonds. The molecule has 0 saturated heterocycles. The lowest BCUT2D eigenvalue weighted by Gasteiger charge is -2.53. The van der Waals surface area contributed by atoms with Crippen molar-refractivity contribution in [2.45, 2.75) is 44.9 Å². The zero-order chi connectivity index (χ0) is 13.5. The summed E-state index contributed by atoms with van der Waals surface area (Å²) in [6.45, 7) is 5.12. The molecule has 2 fully saturated rings. The van der Waals surface area contributed by atoms with Crippen LogP contribution in [0.4, 0.5) is 0 Å². The van der Waals surface area contributed by atoms with E-state index in [1.165, 1.54) is 31.2 Å². The van der Waals surface area contributed by atoms with Crippen molar-refractivity contribution in [2.75, 3.05) is 6.61 Å². The first-order chi connectivity index (χ1) is 9.14. The molecule has 2 bridgehead atoms. The maximum atomic E-state index is 9.71. The highest BCUT2D eigenvalue weighted by atomic mass is 16.3. The van der Waals surface area contributed by atoms with Gasteiger partial charge < -0.3 is 5.11 Å². The predicted octanol–water partition coefficient (Wildman–Crippen LogP) is 4.01. The number of aliphatic hydroxyl groups excluding tert-OH is 1. The SMILES string of the molecule is CC1CC2CC(c3ccccc3)(C1)CC(C)C2CO. The molecule has 1 N–H and O–H groups in total. The van der Waals surface area contributed by atoms with Crippen molar-refractivity contribution in [1.29, 1.82) is 0 Å². The average Bonchev–Trinajstić information content (AvgIpc) is 2.39. The Bertz CT molecular complexity index is 423. The largest absolute Gasteiger partial charge is 0.396 e. The van der Waals surface area contributed by atoms with E-state index in [0.717, 1.165) is 11.8 Å². The van der Waals surface area contributed by atoms with Gasteiger partial charge in [0.1, 0.15) is 0 Å². The molecule has 5 atom stereocenters. The Hall–Kier alpha value is -0.820. The van der Waals surface area contributed by atoms with Crippen LogP contribution in [0.25, 0.3) is 0 Å². The van der Waals surface area contributed by atoms with Gasteiger partial charge >= 0.3 is 0 Å². The summed E-state index contributed by atoms with van der Waals surface area (Å²) in [7, 11) is 0. The zero-order valence-electron chi connectivity index (χ0n) is 12.2. The van der Waals surface area contributed by atoms with Crippen LogP contribution in [0.1, 0.15) is 45.1 Å². The maximum absolute atomic E-state index is 9.71. The van der Waals surface area contributed by atoms with Gasteiger partial charge in [-0.05, 0) is 60.3 Å². The van der Waals surface area contributed by atoms with Crippen LogP contribution in [0.5, 0.6) is 0 Å². The molecule has 0 heterocycles. The van der Waals surface area contributed by atoms with Crippen LogP contribution in [0.2, 0.25) is 0 Å². The third kappa shape index (κ3) is 2.23. The quantitative estimate of drug-likeness (QED) is 0.850. The van der Waals surface area contributed by atoms with Gasteiger partial charge in [-0.25, -0.2) is 0 Å². The van der Waals surface area contributed by atoms with Gasteiger partial charge in [0.05, 0.1) is 0 Å². The molecule has 2 aliphatic carbocycles. The Morgan fingerprint density at radius 2 is 1.84 bits per heavy atom. The molecule has 1 heteroatoms. The summed E-state index contributed by atoms with van der Waals surface area (Å²) >= 11 is 0. The minimum absolute atomic E-state index is 0.378. The van der Waals surface area contributed by atoms with Gasteiger partial charge in [-0.2, -0.15) is 0 Å². The van der Waals surface area contributed by atoms with Gasteiger partial charge in [0.25, 0.3) is 0 Å². The van der Waals surface area contributed by atoms with Crippen LogP contribution < -0.4 is 0 Å². The van der Waals surface area contributed by atoms with Crippen LogP contribution in [0.15, 0.2) is 30.3 Å². The van der Waals surface area contributed by atoms with E-state index < -0.39 is 0 Å². The maximum Gasteiger partial charge on any atom is 0.0464 e. The number of benzene rings is 1. The fourth-order valence-corrected chi connectivity index (χ4v) is 5.14. The van der Waals surface area contributed by atoms with Crippen molar-refractivity contribution < 1.29 is 5.11 Å². The zero-order valence-corrected chi connectivity index (χ0v) is 12.2. The fourth-order valence-electron chi connectivity index (χ4n) is 5.14. The summed E-state index contributed by atoms with van der Waals surface area (Å²) in [6, 6.07) is 11.1. The van der Waals surface area contributed by atoms with Crippen molar-refractivity contribution in [3.8, 4) is 0 Å². The fraction of sp³-hybridized carbons (Fsp3) is 0.667. The van der Waals surface area contributed by atoms with Crippen molar-refractivity contribution in [2.24, 2.45) is 23.7 Å². The van der Waals surface area contributed by atoms with E-state index in [9.17, 15) is 5.11 Å². The second-order valence-electron chi connectivity index (χ2n) is 7.18. The van der Waals surface area contributed by atoms with E-state index >= 15 is 0 Å². The van der Waals surface area contributed by atoms with Crippen LogP contribution in [0.3, 0.4) is 0 Å². The van der Waals surface area contributed by atoms with Gasteiger partial charge in [0.2, 0.25) is 0 Å². The average molecular weight is 258 g/mol. The normalized spacial score (nSPS) is 42.1. The van der Waals surface area contributed by atoms with E-state index in [1.54, 1.807) is 0 Å². The first-order valence-electron chi connectivity index (χ1n) is 7.81. The summed E-state index contributed by atoms with van der Waals surface area (Å²) in [5.74, 6) is 2.69. The van der Waals surface area contributed by atoms with E-state index in [4.69, 9.17) is 0 Å². The molecular formula is C18H26O. The molecule has 1 nitrogen and oxygen atoms in total. The lowest BCUT2D eigenvalue weighted by atomic mass is 9.51. The van der Waals surface area contributed by atoms with Gasteiger partial charge in [-0.15, -0.1) is 0 Å². The van der Waals surface area contributed by atoms with Gasteiger partial charge in [0, 0.05) is 6.61 Å². The van der Waals surface area contributed by atoms with Gasteiger partial charge in [-0.1, -0.05) is 44.2 Å². The Kier molecular flexibility index (Phi) is 3.42. The highest BCUT2D eigenvalue weighted by Crippen LogP contribution is 2.55. The standard InChI is InChI=1S/C18H26O/c1-13-8-15-11-18(9-13,10-14(2)17(15)12-19)16-6-4-3-5-7-16/h3-7,13-15,17,19H,8-12H2,1-2H3. The van der Waals surface area contributed by atoms with Crippen LogP contribution in [-0.2, 0) is 5.41 Å². The molecule has 0 aromatic heterocycles. The van der Waals surface area contributed by atoms with Crippen LogP contribution in [-0.4, -0.2) is 11.7 Å². The lowest BCUT2D eigenvalue weighted by molar-refractivity contribution is -0.00530. The lowest BCUT2D eigenvalue weighted by Crippen LogP contribution is -2.47. The van der Waals surface area contributed by atoms with Gasteiger partial charge in [0.15, 0.2) is 0 Å². The second kappa shape index (κ2) is 4.94. The molecule has 0 radical (unpaired) electrons. The topological polar surface area (TPSA) is 20.2 Å². The third-order valence-electron chi connectivity index (χ3n) is 5.74. The Balaban J connectivity index is 1.97. The molecular weight excluding hydrogens is 232 g/mol. The van der Waals surface area contributed by atoms with Crippen molar-refractivity contribution >= 4 is 0 Å². The second-order valence-corrected chi connectivity index (χ2v) is 7.18. The van der Waals surface area contributed by atoms with E-state index in [2.05, 4.69) is 44.2 Å². The molecule has 0 aliphatic heterocycles. The molecule has 1 aromatic rings. The Morgan fingerprint density at radius 1 is 1.11 bits per heavy atom. The number of hydrogen-bond acceptors (Lipinski definition) is 1. The molecule has 0 spiro atoms. The van der Waals surface area contributed by atoms with E-state index in [0.29, 0.717) is 23.9 Å². The Morgan fingerprint density at radius 3 is 2.53 bits per heavy atom. The number of rotatable bonds is 2. The first kappa shape index (κ1) is 13.2. The summed E-state index contributed by atoms with van der Waals surface area (Å²) in [5, 5.41) is 9.71. The molecule has 2 saturated carbocycles. The van der Waals surface area contributed by atoms with Crippen molar-refractivity contribution in [3.63, 3.8) is 0 Å². The number of hydrogen-bond donors (Lipinski definition) is 1. The summed E-state index contributed by atoms with van der Waals surface area (Å²) in [4.78, 5) is 0.